The van der Waals surface area contributed by atoms with E-state index in [2.05, 4.69) is 27.4 Å². The van der Waals surface area contributed by atoms with E-state index in [9.17, 15) is 0 Å². The highest BCUT2D eigenvalue weighted by molar-refractivity contribution is 7.15. The van der Waals surface area contributed by atoms with Gasteiger partial charge in [-0.2, -0.15) is 5.10 Å². The van der Waals surface area contributed by atoms with Gasteiger partial charge in [-0.3, -0.25) is 5.10 Å². The lowest BCUT2D eigenvalue weighted by Gasteiger charge is -1.97. The molecule has 0 saturated heterocycles. The molecule has 74 valence electrons. The minimum Gasteiger partial charge on any atom is -0.357 e. The Kier molecular flexibility index (Phi) is 2.49. The monoisotopic (exact) mass is 208 g/mol. The van der Waals surface area contributed by atoms with Crippen LogP contribution in [0.5, 0.6) is 0 Å². The lowest BCUT2D eigenvalue weighted by Crippen LogP contribution is -1.97. The van der Waals surface area contributed by atoms with E-state index in [4.69, 9.17) is 0 Å². The van der Waals surface area contributed by atoms with Crippen LogP contribution in [-0.2, 0) is 6.54 Å². The number of rotatable bonds is 3. The van der Waals surface area contributed by atoms with Gasteiger partial charge < -0.3 is 5.32 Å². The van der Waals surface area contributed by atoms with Gasteiger partial charge in [0.05, 0.1) is 11.9 Å². The minimum absolute atomic E-state index is 0.767. The fourth-order valence-electron chi connectivity index (χ4n) is 1.10. The average Bonchev–Trinajstić information content (AvgIpc) is 2.74. The fraction of sp³-hybridized carbons (Fsp3) is 0.333. The summed E-state index contributed by atoms with van der Waals surface area (Å²) >= 11 is 1.68. The fourth-order valence-corrected chi connectivity index (χ4v) is 1.91. The second kappa shape index (κ2) is 3.79. The van der Waals surface area contributed by atoms with Gasteiger partial charge in [-0.05, 0) is 13.8 Å². The topological polar surface area (TPSA) is 53.6 Å². The van der Waals surface area contributed by atoms with Crippen molar-refractivity contribution in [2.45, 2.75) is 20.4 Å². The Morgan fingerprint density at radius 3 is 2.93 bits per heavy atom. The van der Waals surface area contributed by atoms with Crippen molar-refractivity contribution in [2.24, 2.45) is 0 Å². The number of aryl methyl sites for hydroxylation is 2. The van der Waals surface area contributed by atoms with Crippen molar-refractivity contribution in [3.63, 3.8) is 0 Å². The predicted octanol–water partition coefficient (Wildman–Crippen LogP) is 2.10. The van der Waals surface area contributed by atoms with Crippen LogP contribution in [0.3, 0.4) is 0 Å². The average molecular weight is 208 g/mol. The normalized spacial score (nSPS) is 10.4. The summed E-state index contributed by atoms with van der Waals surface area (Å²) in [7, 11) is 0. The van der Waals surface area contributed by atoms with E-state index in [-0.39, 0.29) is 0 Å². The number of nitrogens with one attached hydrogen (secondary N) is 2. The Labute approximate surface area is 86.4 Å². The van der Waals surface area contributed by atoms with Gasteiger partial charge >= 0.3 is 0 Å². The zero-order chi connectivity index (χ0) is 9.97. The molecular weight excluding hydrogens is 196 g/mol. The molecule has 5 heteroatoms. The Morgan fingerprint density at radius 1 is 1.50 bits per heavy atom. The molecule has 0 atom stereocenters. The maximum Gasteiger partial charge on any atom is 0.183 e. The number of H-pyrrole nitrogens is 1. The first-order valence-corrected chi connectivity index (χ1v) is 5.23. The number of aromatic nitrogens is 3. The van der Waals surface area contributed by atoms with Crippen molar-refractivity contribution in [1.29, 1.82) is 0 Å². The van der Waals surface area contributed by atoms with Crippen LogP contribution in [0.1, 0.15) is 16.1 Å². The SMILES string of the molecule is Cc1nc(NCc2cn[nH]c2)sc1C. The predicted molar refractivity (Wildman–Crippen MR) is 57.5 cm³/mol. The summed E-state index contributed by atoms with van der Waals surface area (Å²) < 4.78 is 0. The van der Waals surface area contributed by atoms with Crippen molar-refractivity contribution in [1.82, 2.24) is 15.2 Å². The number of hydrogen-bond acceptors (Lipinski definition) is 4. The molecule has 0 aliphatic heterocycles. The molecular formula is C9H12N4S. The quantitative estimate of drug-likeness (QED) is 0.812. The molecule has 0 bridgehead atoms. The molecule has 0 radical (unpaired) electrons. The van der Waals surface area contributed by atoms with Gasteiger partial charge in [0.15, 0.2) is 5.13 Å². The zero-order valence-electron chi connectivity index (χ0n) is 8.16. The van der Waals surface area contributed by atoms with E-state index >= 15 is 0 Å². The Balaban J connectivity index is 1.98. The standard InChI is InChI=1S/C9H12N4S/c1-6-7(2)14-9(13-6)10-3-8-4-11-12-5-8/h4-5H,3H2,1-2H3,(H,10,13)(H,11,12). The van der Waals surface area contributed by atoms with Crippen molar-refractivity contribution in [3.8, 4) is 0 Å². The van der Waals surface area contributed by atoms with Gasteiger partial charge in [-0.15, -0.1) is 11.3 Å². The van der Waals surface area contributed by atoms with Crippen LogP contribution in [0.2, 0.25) is 0 Å². The lowest BCUT2D eigenvalue weighted by atomic mass is 10.4. The number of nitrogens with zero attached hydrogens (tertiary/aromatic N) is 2. The molecule has 0 amide bonds. The summed E-state index contributed by atoms with van der Waals surface area (Å²) in [5.74, 6) is 0. The first-order valence-electron chi connectivity index (χ1n) is 4.41. The molecule has 4 nitrogen and oxygen atoms in total. The molecule has 0 spiro atoms. The van der Waals surface area contributed by atoms with Gasteiger partial charge in [0.2, 0.25) is 0 Å². The first-order chi connectivity index (χ1) is 6.75. The van der Waals surface area contributed by atoms with Gasteiger partial charge in [-0.1, -0.05) is 0 Å². The van der Waals surface area contributed by atoms with Crippen LogP contribution < -0.4 is 5.32 Å². The van der Waals surface area contributed by atoms with E-state index < -0.39 is 0 Å². The smallest absolute Gasteiger partial charge is 0.183 e. The molecule has 2 aromatic heterocycles. The van der Waals surface area contributed by atoms with Crippen molar-refractivity contribution < 1.29 is 0 Å². The van der Waals surface area contributed by atoms with Gasteiger partial charge in [0, 0.05) is 23.2 Å². The summed E-state index contributed by atoms with van der Waals surface area (Å²) in [6.45, 7) is 4.87. The van der Waals surface area contributed by atoms with Crippen LogP contribution in [0.4, 0.5) is 5.13 Å². The first kappa shape index (κ1) is 9.21. The molecule has 2 heterocycles. The molecule has 2 aromatic rings. The second-order valence-electron chi connectivity index (χ2n) is 3.12. The summed E-state index contributed by atoms with van der Waals surface area (Å²) in [6.07, 6.45) is 3.68. The number of hydrogen-bond donors (Lipinski definition) is 2. The Bertz CT molecular complexity index is 385. The van der Waals surface area contributed by atoms with Crippen LogP contribution in [0.25, 0.3) is 0 Å². The molecule has 0 aromatic carbocycles. The van der Waals surface area contributed by atoms with Gasteiger partial charge in [0.1, 0.15) is 0 Å². The number of anilines is 1. The molecule has 2 rings (SSSR count). The number of aromatic amines is 1. The molecule has 14 heavy (non-hydrogen) atoms. The van der Waals surface area contributed by atoms with E-state index in [1.807, 2.05) is 13.1 Å². The zero-order valence-corrected chi connectivity index (χ0v) is 8.98. The summed E-state index contributed by atoms with van der Waals surface area (Å²) in [5, 5.41) is 10.9. The van der Waals surface area contributed by atoms with E-state index in [0.29, 0.717) is 0 Å². The second-order valence-corrected chi connectivity index (χ2v) is 4.32. The van der Waals surface area contributed by atoms with Crippen molar-refractivity contribution >= 4 is 16.5 Å². The van der Waals surface area contributed by atoms with Gasteiger partial charge in [-0.25, -0.2) is 4.98 Å². The highest BCUT2D eigenvalue weighted by Crippen LogP contribution is 2.21. The molecule has 0 saturated carbocycles. The van der Waals surface area contributed by atoms with E-state index in [1.54, 1.807) is 17.5 Å². The molecule has 0 aliphatic rings. The molecule has 2 N–H and O–H groups in total. The highest BCUT2D eigenvalue weighted by Gasteiger charge is 2.02. The lowest BCUT2D eigenvalue weighted by molar-refractivity contribution is 1.09. The van der Waals surface area contributed by atoms with Crippen LogP contribution in [0.15, 0.2) is 12.4 Å². The number of thiazole rings is 1. The highest BCUT2D eigenvalue weighted by atomic mass is 32.1. The van der Waals surface area contributed by atoms with Gasteiger partial charge in [0.25, 0.3) is 0 Å². The van der Waals surface area contributed by atoms with E-state index in [0.717, 1.165) is 22.9 Å². The third kappa shape index (κ3) is 1.93. The van der Waals surface area contributed by atoms with Crippen LogP contribution in [-0.4, -0.2) is 15.2 Å². The van der Waals surface area contributed by atoms with Crippen molar-refractivity contribution in [2.75, 3.05) is 5.32 Å². The maximum absolute atomic E-state index is 4.39. The third-order valence-electron chi connectivity index (χ3n) is 2.03. The minimum atomic E-state index is 0.767. The van der Waals surface area contributed by atoms with Crippen molar-refractivity contribution in [3.05, 3.63) is 28.5 Å². The van der Waals surface area contributed by atoms with E-state index in [1.165, 1.54) is 4.88 Å². The molecule has 0 aliphatic carbocycles. The Hall–Kier alpha value is -1.36. The molecule has 0 fully saturated rings. The summed E-state index contributed by atoms with van der Waals surface area (Å²) in [4.78, 5) is 5.65. The largest absolute Gasteiger partial charge is 0.357 e. The maximum atomic E-state index is 4.39. The van der Waals surface area contributed by atoms with Crippen LogP contribution in [0, 0.1) is 13.8 Å². The summed E-state index contributed by atoms with van der Waals surface area (Å²) in [5.41, 5.74) is 2.24. The molecule has 0 unspecified atom stereocenters. The summed E-state index contributed by atoms with van der Waals surface area (Å²) in [6, 6.07) is 0. The van der Waals surface area contributed by atoms with Crippen LogP contribution >= 0.6 is 11.3 Å². The third-order valence-corrected chi connectivity index (χ3v) is 3.06. The Morgan fingerprint density at radius 2 is 2.36 bits per heavy atom.